The molecule has 0 saturated carbocycles. The van der Waals surface area contributed by atoms with Gasteiger partial charge in [0.1, 0.15) is 10.5 Å². The molecule has 0 bridgehead atoms. The number of hydrogen-bond donors (Lipinski definition) is 0. The SMILES string of the molecule is CCC[N+](C)(C)C.CO[SiH3]. The molecule has 3 heteroatoms. The van der Waals surface area contributed by atoms with Crippen molar-refractivity contribution in [3.63, 3.8) is 0 Å². The van der Waals surface area contributed by atoms with Crippen molar-refractivity contribution in [2.75, 3.05) is 34.8 Å². The van der Waals surface area contributed by atoms with Gasteiger partial charge >= 0.3 is 0 Å². The Hall–Kier alpha value is 0.137. The molecule has 0 unspecified atom stereocenters. The van der Waals surface area contributed by atoms with E-state index in [9.17, 15) is 0 Å². The van der Waals surface area contributed by atoms with E-state index < -0.39 is 0 Å². The molecule has 0 radical (unpaired) electrons. The summed E-state index contributed by atoms with van der Waals surface area (Å²) in [5, 5.41) is 0. The fraction of sp³-hybridized carbons (Fsp3) is 1.00. The van der Waals surface area contributed by atoms with Gasteiger partial charge in [0.05, 0.1) is 27.7 Å². The van der Waals surface area contributed by atoms with E-state index >= 15 is 0 Å². The lowest BCUT2D eigenvalue weighted by atomic mass is 10.4. The highest BCUT2D eigenvalue weighted by molar-refractivity contribution is 5.97. The Morgan fingerprint density at radius 1 is 1.30 bits per heavy atom. The van der Waals surface area contributed by atoms with Crippen LogP contribution in [0, 0.1) is 0 Å². The Morgan fingerprint density at radius 2 is 1.60 bits per heavy atom. The Kier molecular flexibility index (Phi) is 9.26. The molecule has 0 aromatic rings. The lowest BCUT2D eigenvalue weighted by Gasteiger charge is -2.22. The summed E-state index contributed by atoms with van der Waals surface area (Å²) in [4.78, 5) is 0. The molecule has 0 aromatic carbocycles. The van der Waals surface area contributed by atoms with Gasteiger partial charge in [0, 0.05) is 7.11 Å². The van der Waals surface area contributed by atoms with Crippen LogP contribution in [0.25, 0.3) is 0 Å². The Balaban J connectivity index is 0. The van der Waals surface area contributed by atoms with E-state index in [0.29, 0.717) is 0 Å². The summed E-state index contributed by atoms with van der Waals surface area (Å²) in [5.74, 6) is 0. The third-order valence-corrected chi connectivity index (χ3v) is 0.894. The lowest BCUT2D eigenvalue weighted by molar-refractivity contribution is -0.870. The van der Waals surface area contributed by atoms with Crippen molar-refractivity contribution in [1.29, 1.82) is 0 Å². The predicted molar refractivity (Wildman–Crippen MR) is 50.1 cm³/mol. The summed E-state index contributed by atoms with van der Waals surface area (Å²) < 4.78 is 5.48. The highest BCUT2D eigenvalue weighted by Crippen LogP contribution is 1.90. The smallest absolute Gasteiger partial charge is 0.145 e. The second-order valence-corrected chi connectivity index (χ2v) is 4.24. The van der Waals surface area contributed by atoms with Gasteiger partial charge in [0.15, 0.2) is 0 Å². The molecule has 0 spiro atoms. The lowest BCUT2D eigenvalue weighted by Crippen LogP contribution is -2.34. The Bertz CT molecular complexity index is 61.1. The van der Waals surface area contributed by atoms with Gasteiger partial charge in [-0.3, -0.25) is 0 Å². The molecule has 0 saturated heterocycles. The zero-order chi connectivity index (χ0) is 8.62. The zero-order valence-electron chi connectivity index (χ0n) is 8.27. The van der Waals surface area contributed by atoms with Crippen LogP contribution in [0.3, 0.4) is 0 Å². The van der Waals surface area contributed by atoms with Crippen LogP contribution in [0.15, 0.2) is 0 Å². The minimum absolute atomic E-state index is 0.869. The minimum atomic E-state index is 0.869. The van der Waals surface area contributed by atoms with Gasteiger partial charge in [-0.15, -0.1) is 0 Å². The summed E-state index contributed by atoms with van der Waals surface area (Å²) in [6, 6.07) is 0. The molecule has 10 heavy (non-hydrogen) atoms. The first-order chi connectivity index (χ1) is 4.47. The summed E-state index contributed by atoms with van der Waals surface area (Å²) in [6.45, 7) is 3.49. The molecule has 0 heterocycles. The van der Waals surface area contributed by atoms with E-state index in [1.165, 1.54) is 13.0 Å². The summed E-state index contributed by atoms with van der Waals surface area (Å²) in [6.07, 6.45) is 1.28. The van der Waals surface area contributed by atoms with Crippen LogP contribution in [0.1, 0.15) is 13.3 Å². The monoisotopic (exact) mass is 164 g/mol. The number of rotatable bonds is 2. The van der Waals surface area contributed by atoms with Crippen molar-refractivity contribution in [3.8, 4) is 0 Å². The number of quaternary nitrogens is 1. The summed E-state index contributed by atoms with van der Waals surface area (Å²) >= 11 is 0. The van der Waals surface area contributed by atoms with Crippen LogP contribution in [0.2, 0.25) is 0 Å². The maximum atomic E-state index is 4.39. The van der Waals surface area contributed by atoms with Gasteiger partial charge in [0.2, 0.25) is 0 Å². The van der Waals surface area contributed by atoms with Crippen LogP contribution in [-0.2, 0) is 4.43 Å². The third kappa shape index (κ3) is 24.2. The van der Waals surface area contributed by atoms with Crippen LogP contribution >= 0.6 is 0 Å². The molecular formula is C7H22NOSi+. The average molecular weight is 164 g/mol. The van der Waals surface area contributed by atoms with Crippen molar-refractivity contribution >= 4 is 10.5 Å². The molecule has 2 nitrogen and oxygen atoms in total. The maximum Gasteiger partial charge on any atom is 0.145 e. The first kappa shape index (κ1) is 12.8. The van der Waals surface area contributed by atoms with Crippen LogP contribution in [-0.4, -0.2) is 49.8 Å². The van der Waals surface area contributed by atoms with Gasteiger partial charge in [0.25, 0.3) is 0 Å². The molecule has 0 rings (SSSR count). The molecule has 0 aliphatic carbocycles. The van der Waals surface area contributed by atoms with E-state index in [1.54, 1.807) is 7.11 Å². The molecule has 0 aliphatic heterocycles. The highest BCUT2D eigenvalue weighted by atomic mass is 28.2. The first-order valence-corrected chi connectivity index (χ1v) is 4.50. The van der Waals surface area contributed by atoms with Crippen LogP contribution in [0.4, 0.5) is 0 Å². The molecule has 0 N–H and O–H groups in total. The van der Waals surface area contributed by atoms with Gasteiger partial charge in [-0.05, 0) is 6.42 Å². The standard InChI is InChI=1S/C6H16N.CH6OSi/c1-5-6-7(2,3)4;1-2-3/h5-6H2,1-4H3;1,3H3/q+1;. The van der Waals surface area contributed by atoms with Crippen LogP contribution in [0.5, 0.6) is 0 Å². The largest absolute Gasteiger partial charge is 0.431 e. The van der Waals surface area contributed by atoms with Crippen molar-refractivity contribution in [3.05, 3.63) is 0 Å². The zero-order valence-corrected chi connectivity index (χ0v) is 10.3. The topological polar surface area (TPSA) is 9.23 Å². The fourth-order valence-electron chi connectivity index (χ4n) is 0.671. The van der Waals surface area contributed by atoms with E-state index in [0.717, 1.165) is 15.0 Å². The molecule has 0 amide bonds. The maximum absolute atomic E-state index is 4.39. The number of hydrogen-bond acceptors (Lipinski definition) is 1. The van der Waals surface area contributed by atoms with Gasteiger partial charge in [-0.1, -0.05) is 6.92 Å². The van der Waals surface area contributed by atoms with Gasteiger partial charge < -0.3 is 8.91 Å². The van der Waals surface area contributed by atoms with Gasteiger partial charge in [-0.25, -0.2) is 0 Å². The number of nitrogens with zero attached hydrogens (tertiary/aromatic N) is 1. The Labute approximate surface area is 68.3 Å². The normalized spacial score (nSPS) is 10.5. The van der Waals surface area contributed by atoms with Crippen molar-refractivity contribution in [2.24, 2.45) is 0 Å². The van der Waals surface area contributed by atoms with E-state index in [2.05, 4.69) is 32.5 Å². The molecule has 0 aliphatic rings. The Morgan fingerprint density at radius 3 is 1.60 bits per heavy atom. The first-order valence-electron chi connectivity index (χ1n) is 3.68. The molecule has 64 valence electrons. The molecule has 0 atom stereocenters. The summed E-state index contributed by atoms with van der Waals surface area (Å²) in [5.41, 5.74) is 0. The van der Waals surface area contributed by atoms with E-state index in [-0.39, 0.29) is 0 Å². The van der Waals surface area contributed by atoms with Crippen molar-refractivity contribution in [1.82, 2.24) is 0 Å². The van der Waals surface area contributed by atoms with Gasteiger partial charge in [-0.2, -0.15) is 0 Å². The second-order valence-electron chi connectivity index (χ2n) is 3.42. The van der Waals surface area contributed by atoms with Crippen LogP contribution < -0.4 is 0 Å². The molecule has 0 fully saturated rings. The van der Waals surface area contributed by atoms with Crippen molar-refractivity contribution in [2.45, 2.75) is 13.3 Å². The predicted octanol–water partition coefficient (Wildman–Crippen LogP) is 0.0158. The van der Waals surface area contributed by atoms with E-state index in [4.69, 9.17) is 0 Å². The quantitative estimate of drug-likeness (QED) is 0.413. The second kappa shape index (κ2) is 7.25. The average Bonchev–Trinajstić information content (AvgIpc) is 1.63. The highest BCUT2D eigenvalue weighted by Gasteiger charge is 2.01. The summed E-state index contributed by atoms with van der Waals surface area (Å²) in [7, 11) is 9.19. The minimum Gasteiger partial charge on any atom is -0.431 e. The molecular weight excluding hydrogens is 142 g/mol. The molecule has 0 aromatic heterocycles. The fourth-order valence-corrected chi connectivity index (χ4v) is 0.671. The third-order valence-electron chi connectivity index (χ3n) is 0.894. The van der Waals surface area contributed by atoms with Crippen molar-refractivity contribution < 1.29 is 8.91 Å². The van der Waals surface area contributed by atoms with E-state index in [1.807, 2.05) is 0 Å².